The highest BCUT2D eigenvalue weighted by molar-refractivity contribution is 5.96. The lowest BCUT2D eigenvalue weighted by molar-refractivity contribution is 0.0949. The summed E-state index contributed by atoms with van der Waals surface area (Å²) < 4.78 is 0. The lowest BCUT2D eigenvalue weighted by Crippen LogP contribution is -2.23. The predicted octanol–water partition coefficient (Wildman–Crippen LogP) is 1.90. The summed E-state index contributed by atoms with van der Waals surface area (Å²) >= 11 is 0. The summed E-state index contributed by atoms with van der Waals surface area (Å²) in [5, 5.41) is 20.1. The van der Waals surface area contributed by atoms with E-state index in [1.165, 1.54) is 6.07 Å². The molecule has 3 N–H and O–H groups in total. The van der Waals surface area contributed by atoms with E-state index < -0.39 is 0 Å². The van der Waals surface area contributed by atoms with Crippen LogP contribution in [0.15, 0.2) is 36.5 Å². The van der Waals surface area contributed by atoms with Crippen LogP contribution in [0.3, 0.4) is 0 Å². The van der Waals surface area contributed by atoms with Crippen molar-refractivity contribution in [3.8, 4) is 5.75 Å². The van der Waals surface area contributed by atoms with Crippen LogP contribution in [0, 0.1) is 6.92 Å². The number of hydrogen-bond acceptors (Lipinski definition) is 4. The molecule has 0 saturated heterocycles. The van der Waals surface area contributed by atoms with E-state index in [1.807, 2.05) is 19.1 Å². The van der Waals surface area contributed by atoms with E-state index in [0.717, 1.165) is 16.6 Å². The lowest BCUT2D eigenvalue weighted by Gasteiger charge is -2.07. The third kappa shape index (κ3) is 2.55. The van der Waals surface area contributed by atoms with Gasteiger partial charge in [0.2, 0.25) is 0 Å². The molecule has 106 valence electrons. The number of carbonyl (C=O) groups is 1. The minimum Gasteiger partial charge on any atom is -0.508 e. The van der Waals surface area contributed by atoms with Crippen molar-refractivity contribution in [3.63, 3.8) is 0 Å². The largest absolute Gasteiger partial charge is 0.508 e. The second-order valence-electron chi connectivity index (χ2n) is 4.76. The van der Waals surface area contributed by atoms with Crippen molar-refractivity contribution < 1.29 is 9.90 Å². The van der Waals surface area contributed by atoms with E-state index in [2.05, 4.69) is 20.5 Å². The molecule has 1 amide bonds. The van der Waals surface area contributed by atoms with Crippen LogP contribution in [0.5, 0.6) is 5.75 Å². The lowest BCUT2D eigenvalue weighted by atomic mass is 10.1. The van der Waals surface area contributed by atoms with Gasteiger partial charge < -0.3 is 10.4 Å². The molecule has 0 atom stereocenters. The summed E-state index contributed by atoms with van der Waals surface area (Å²) in [6.07, 6.45) is 1.67. The number of pyridine rings is 1. The molecular weight excluding hydrogens is 268 g/mol. The summed E-state index contributed by atoms with van der Waals surface area (Å²) in [6, 6.07) is 8.44. The standard InChI is InChI=1S/C15H14N4O2/c1-9-4-5-10(20)7-12(9)15(21)17-8-13-11-3-2-6-16-14(11)19-18-13/h2-7,20H,8H2,1H3,(H,17,21)(H,16,18,19). The van der Waals surface area contributed by atoms with Gasteiger partial charge >= 0.3 is 0 Å². The number of aryl methyl sites for hydroxylation is 1. The summed E-state index contributed by atoms with van der Waals surface area (Å²) in [6.45, 7) is 2.14. The Hall–Kier alpha value is -2.89. The van der Waals surface area contributed by atoms with E-state index in [1.54, 1.807) is 18.3 Å². The molecule has 1 aromatic carbocycles. The first-order valence-corrected chi connectivity index (χ1v) is 6.51. The van der Waals surface area contributed by atoms with Gasteiger partial charge in [0.15, 0.2) is 5.65 Å². The quantitative estimate of drug-likeness (QED) is 0.684. The zero-order valence-electron chi connectivity index (χ0n) is 11.4. The Kier molecular flexibility index (Phi) is 3.27. The van der Waals surface area contributed by atoms with Crippen LogP contribution in [-0.2, 0) is 6.54 Å². The maximum atomic E-state index is 12.2. The summed E-state index contributed by atoms with van der Waals surface area (Å²) in [4.78, 5) is 16.3. The molecule has 0 saturated carbocycles. The number of aromatic nitrogens is 3. The second kappa shape index (κ2) is 5.24. The van der Waals surface area contributed by atoms with Gasteiger partial charge in [0.05, 0.1) is 12.2 Å². The summed E-state index contributed by atoms with van der Waals surface area (Å²) in [5.41, 5.74) is 2.68. The third-order valence-corrected chi connectivity index (χ3v) is 3.30. The Morgan fingerprint density at radius 2 is 2.24 bits per heavy atom. The number of rotatable bonds is 3. The molecule has 0 radical (unpaired) electrons. The zero-order valence-corrected chi connectivity index (χ0v) is 11.4. The van der Waals surface area contributed by atoms with Crippen LogP contribution >= 0.6 is 0 Å². The van der Waals surface area contributed by atoms with E-state index in [0.29, 0.717) is 17.8 Å². The van der Waals surface area contributed by atoms with Gasteiger partial charge in [0, 0.05) is 17.1 Å². The number of aromatic hydroxyl groups is 1. The molecule has 6 nitrogen and oxygen atoms in total. The predicted molar refractivity (Wildman–Crippen MR) is 77.9 cm³/mol. The Bertz CT molecular complexity index is 810. The number of fused-ring (bicyclic) bond motifs is 1. The smallest absolute Gasteiger partial charge is 0.252 e. The molecule has 0 aliphatic carbocycles. The van der Waals surface area contributed by atoms with Crippen molar-refractivity contribution >= 4 is 16.9 Å². The van der Waals surface area contributed by atoms with Gasteiger partial charge in [-0.1, -0.05) is 6.07 Å². The van der Waals surface area contributed by atoms with Crippen LogP contribution in [0.2, 0.25) is 0 Å². The van der Waals surface area contributed by atoms with Crippen molar-refractivity contribution in [1.82, 2.24) is 20.5 Å². The summed E-state index contributed by atoms with van der Waals surface area (Å²) in [5.74, 6) is -0.169. The molecule has 0 aliphatic rings. The Labute approximate surface area is 120 Å². The fraction of sp³-hybridized carbons (Fsp3) is 0.133. The molecule has 0 aliphatic heterocycles. The number of hydrogen-bond donors (Lipinski definition) is 3. The van der Waals surface area contributed by atoms with Gasteiger partial charge in [-0.2, -0.15) is 5.10 Å². The number of carbonyl (C=O) groups excluding carboxylic acids is 1. The third-order valence-electron chi connectivity index (χ3n) is 3.30. The highest BCUT2D eigenvalue weighted by Gasteiger charge is 2.11. The number of phenolic OH excluding ortho intramolecular Hbond substituents is 1. The molecule has 3 rings (SSSR count). The Balaban J connectivity index is 1.78. The van der Waals surface area contributed by atoms with Crippen LogP contribution in [0.1, 0.15) is 21.6 Å². The van der Waals surface area contributed by atoms with E-state index >= 15 is 0 Å². The maximum absolute atomic E-state index is 12.2. The molecular formula is C15H14N4O2. The molecule has 21 heavy (non-hydrogen) atoms. The SMILES string of the molecule is Cc1ccc(O)cc1C(=O)NCc1[nH]nc2ncccc12. The van der Waals surface area contributed by atoms with Crippen molar-refractivity contribution in [2.75, 3.05) is 0 Å². The zero-order chi connectivity index (χ0) is 14.8. The first kappa shape index (κ1) is 13.1. The molecule has 0 spiro atoms. The van der Waals surface area contributed by atoms with Crippen LogP contribution in [0.25, 0.3) is 11.0 Å². The monoisotopic (exact) mass is 282 g/mol. The van der Waals surface area contributed by atoms with Gasteiger partial charge in [-0.15, -0.1) is 0 Å². The minimum atomic E-state index is -0.241. The first-order chi connectivity index (χ1) is 10.1. The molecule has 2 heterocycles. The highest BCUT2D eigenvalue weighted by Crippen LogP contribution is 2.16. The maximum Gasteiger partial charge on any atom is 0.252 e. The van der Waals surface area contributed by atoms with E-state index in [-0.39, 0.29) is 11.7 Å². The number of phenols is 1. The average molecular weight is 282 g/mol. The topological polar surface area (TPSA) is 90.9 Å². The Morgan fingerprint density at radius 1 is 1.38 bits per heavy atom. The molecule has 6 heteroatoms. The molecule has 0 unspecified atom stereocenters. The second-order valence-corrected chi connectivity index (χ2v) is 4.76. The average Bonchev–Trinajstić information content (AvgIpc) is 2.90. The van der Waals surface area contributed by atoms with Crippen molar-refractivity contribution in [3.05, 3.63) is 53.3 Å². The Morgan fingerprint density at radius 3 is 3.10 bits per heavy atom. The first-order valence-electron chi connectivity index (χ1n) is 6.51. The minimum absolute atomic E-state index is 0.0712. The number of amides is 1. The van der Waals surface area contributed by atoms with Crippen molar-refractivity contribution in [2.24, 2.45) is 0 Å². The summed E-state index contributed by atoms with van der Waals surface area (Å²) in [7, 11) is 0. The molecule has 0 bridgehead atoms. The van der Waals surface area contributed by atoms with Gasteiger partial charge in [-0.05, 0) is 36.8 Å². The van der Waals surface area contributed by atoms with E-state index in [4.69, 9.17) is 0 Å². The highest BCUT2D eigenvalue weighted by atomic mass is 16.3. The number of benzene rings is 1. The van der Waals surface area contributed by atoms with Gasteiger partial charge in [0.25, 0.3) is 5.91 Å². The van der Waals surface area contributed by atoms with Gasteiger partial charge in [-0.3, -0.25) is 9.89 Å². The fourth-order valence-corrected chi connectivity index (χ4v) is 2.16. The number of nitrogens with zero attached hydrogens (tertiary/aromatic N) is 2. The van der Waals surface area contributed by atoms with Gasteiger partial charge in [0.1, 0.15) is 5.75 Å². The van der Waals surface area contributed by atoms with Crippen LogP contribution < -0.4 is 5.32 Å². The number of H-pyrrole nitrogens is 1. The number of aromatic amines is 1. The number of nitrogens with one attached hydrogen (secondary N) is 2. The van der Waals surface area contributed by atoms with Crippen molar-refractivity contribution in [1.29, 1.82) is 0 Å². The van der Waals surface area contributed by atoms with Crippen LogP contribution in [-0.4, -0.2) is 26.2 Å². The molecule has 3 aromatic rings. The fourth-order valence-electron chi connectivity index (χ4n) is 2.16. The molecule has 0 fully saturated rings. The van der Waals surface area contributed by atoms with Crippen LogP contribution in [0.4, 0.5) is 0 Å². The van der Waals surface area contributed by atoms with Gasteiger partial charge in [-0.25, -0.2) is 4.98 Å². The van der Waals surface area contributed by atoms with Crippen molar-refractivity contribution in [2.45, 2.75) is 13.5 Å². The molecule has 2 aromatic heterocycles. The normalized spacial score (nSPS) is 10.7. The van der Waals surface area contributed by atoms with E-state index in [9.17, 15) is 9.90 Å².